The lowest BCUT2D eigenvalue weighted by molar-refractivity contribution is -0.150. The molecule has 2 aliphatic rings. The van der Waals surface area contributed by atoms with Crippen molar-refractivity contribution in [3.05, 3.63) is 47.1 Å². The maximum absolute atomic E-state index is 13.1. The average molecular weight is 505 g/mol. The molecule has 1 aliphatic carbocycles. The number of ether oxygens (including phenoxy) is 5. The highest BCUT2D eigenvalue weighted by Gasteiger charge is 2.45. The Kier molecular flexibility index (Phi) is 10.2. The van der Waals surface area contributed by atoms with Gasteiger partial charge in [-0.25, -0.2) is 9.59 Å². The van der Waals surface area contributed by atoms with Crippen LogP contribution in [0.5, 0.6) is 0 Å². The molecule has 10 heteroatoms. The third kappa shape index (κ3) is 8.21. The quantitative estimate of drug-likeness (QED) is 0.221. The van der Waals surface area contributed by atoms with Crippen LogP contribution in [-0.2, 0) is 47.7 Å². The van der Waals surface area contributed by atoms with Crippen molar-refractivity contribution in [1.29, 1.82) is 0 Å². The zero-order valence-corrected chi connectivity index (χ0v) is 21.2. The summed E-state index contributed by atoms with van der Waals surface area (Å²) in [5.41, 5.74) is 1.62. The van der Waals surface area contributed by atoms with Gasteiger partial charge in [0.2, 0.25) is 0 Å². The van der Waals surface area contributed by atoms with Crippen LogP contribution in [0.3, 0.4) is 0 Å². The van der Waals surface area contributed by atoms with Crippen molar-refractivity contribution in [3.8, 4) is 0 Å². The lowest BCUT2D eigenvalue weighted by atomic mass is 9.85. The lowest BCUT2D eigenvalue weighted by Gasteiger charge is -2.28. The predicted octanol–water partition coefficient (Wildman–Crippen LogP) is 2.67. The highest BCUT2D eigenvalue weighted by Crippen LogP contribution is 2.36. The minimum atomic E-state index is -0.846. The van der Waals surface area contributed by atoms with Crippen LogP contribution in [0.15, 0.2) is 47.1 Å². The summed E-state index contributed by atoms with van der Waals surface area (Å²) in [5, 5.41) is 0. The Labute approximate surface area is 209 Å². The Morgan fingerprint density at radius 2 is 1.72 bits per heavy atom. The van der Waals surface area contributed by atoms with Gasteiger partial charge < -0.3 is 23.7 Å². The summed E-state index contributed by atoms with van der Waals surface area (Å²) in [4.78, 5) is 59.5. The van der Waals surface area contributed by atoms with Crippen molar-refractivity contribution >= 4 is 29.8 Å². The molecular formula is C26H32O10. The Bertz CT molecular complexity index is 1020. The standard InChI is InChI=1S/C26H32O10/c1-14-7-8-21(34-19(6)29)15(2)12-23-24(16(3)25(30)35-23)22(11-14)36-26(31)20(13-33-18(5)28)9-10-32-17(4)27/h7,9,12,21-24H,3,8,10-11,13H2,1-2,4-6H3/b14-7-,15-12-,20-9+/t21-,22+,23-,24+/m0/s1. The lowest BCUT2D eigenvalue weighted by Crippen LogP contribution is -2.35. The first kappa shape index (κ1) is 28.5. The predicted molar refractivity (Wildman–Crippen MR) is 126 cm³/mol. The maximum Gasteiger partial charge on any atom is 0.337 e. The van der Waals surface area contributed by atoms with Gasteiger partial charge in [0.1, 0.15) is 31.5 Å². The second-order valence-electron chi connectivity index (χ2n) is 8.68. The van der Waals surface area contributed by atoms with E-state index in [0.29, 0.717) is 12.0 Å². The minimum Gasteiger partial charge on any atom is -0.462 e. The molecule has 0 N–H and O–H groups in total. The van der Waals surface area contributed by atoms with E-state index in [1.165, 1.54) is 26.8 Å². The molecule has 0 aromatic carbocycles. The molecule has 10 nitrogen and oxygen atoms in total. The summed E-state index contributed by atoms with van der Waals surface area (Å²) >= 11 is 0. The van der Waals surface area contributed by atoms with Crippen molar-refractivity contribution in [3.63, 3.8) is 0 Å². The van der Waals surface area contributed by atoms with Gasteiger partial charge in [0.25, 0.3) is 0 Å². The SMILES string of the molecule is C=C1C(=O)O[C@H]2/C=C(/C)[C@@H](OC(C)=O)C/C=C(/C)C[C@@H](OC(=O)/C(=C/COC(C)=O)COC(C)=O)[C@@H]12. The molecule has 0 spiro atoms. The molecule has 0 saturated carbocycles. The van der Waals surface area contributed by atoms with E-state index in [-0.39, 0.29) is 30.8 Å². The van der Waals surface area contributed by atoms with Gasteiger partial charge in [-0.2, -0.15) is 0 Å². The number of rotatable bonds is 7. The molecule has 1 heterocycles. The van der Waals surface area contributed by atoms with Crippen molar-refractivity contribution in [2.24, 2.45) is 5.92 Å². The summed E-state index contributed by atoms with van der Waals surface area (Å²) < 4.78 is 26.6. The third-order valence-corrected chi connectivity index (χ3v) is 5.68. The van der Waals surface area contributed by atoms with E-state index >= 15 is 0 Å². The first-order valence-electron chi connectivity index (χ1n) is 11.5. The molecule has 0 radical (unpaired) electrons. The van der Waals surface area contributed by atoms with Crippen molar-refractivity contribution in [2.45, 2.75) is 65.8 Å². The monoisotopic (exact) mass is 504 g/mol. The van der Waals surface area contributed by atoms with Gasteiger partial charge in [0, 0.05) is 39.2 Å². The van der Waals surface area contributed by atoms with Crippen LogP contribution in [0.4, 0.5) is 0 Å². The van der Waals surface area contributed by atoms with E-state index in [1.54, 1.807) is 13.0 Å². The second-order valence-corrected chi connectivity index (χ2v) is 8.68. The van der Waals surface area contributed by atoms with Crippen molar-refractivity contribution < 1.29 is 47.7 Å². The molecule has 1 aliphatic heterocycles. The van der Waals surface area contributed by atoms with Crippen molar-refractivity contribution in [2.75, 3.05) is 13.2 Å². The highest BCUT2D eigenvalue weighted by atomic mass is 16.6. The molecule has 0 bridgehead atoms. The van der Waals surface area contributed by atoms with Crippen LogP contribution < -0.4 is 0 Å². The Morgan fingerprint density at radius 1 is 1.06 bits per heavy atom. The fraction of sp³-hybridized carbons (Fsp3) is 0.500. The average Bonchev–Trinajstić information content (AvgIpc) is 3.04. The van der Waals surface area contributed by atoms with E-state index in [0.717, 1.165) is 5.57 Å². The molecule has 0 amide bonds. The molecule has 0 unspecified atom stereocenters. The summed E-state index contributed by atoms with van der Waals surface area (Å²) in [5.74, 6) is -3.72. The fourth-order valence-electron chi connectivity index (χ4n) is 3.88. The number of hydrogen-bond donors (Lipinski definition) is 0. The van der Waals surface area contributed by atoms with Gasteiger partial charge in [-0.3, -0.25) is 14.4 Å². The highest BCUT2D eigenvalue weighted by molar-refractivity contribution is 5.92. The summed E-state index contributed by atoms with van der Waals surface area (Å²) in [6.45, 7) is 10.6. The topological polar surface area (TPSA) is 132 Å². The van der Waals surface area contributed by atoms with Gasteiger partial charge >= 0.3 is 29.8 Å². The molecule has 36 heavy (non-hydrogen) atoms. The molecule has 0 aromatic rings. The zero-order valence-electron chi connectivity index (χ0n) is 21.2. The first-order valence-corrected chi connectivity index (χ1v) is 11.5. The maximum atomic E-state index is 13.1. The summed E-state index contributed by atoms with van der Waals surface area (Å²) in [6, 6.07) is 0. The van der Waals surface area contributed by atoms with E-state index in [4.69, 9.17) is 23.7 Å². The molecular weight excluding hydrogens is 472 g/mol. The molecule has 4 atom stereocenters. The van der Waals surface area contributed by atoms with Gasteiger partial charge in [-0.1, -0.05) is 18.2 Å². The second kappa shape index (κ2) is 12.9. The largest absolute Gasteiger partial charge is 0.462 e. The number of hydrogen-bond acceptors (Lipinski definition) is 10. The van der Waals surface area contributed by atoms with Gasteiger partial charge in [0.15, 0.2) is 0 Å². The van der Waals surface area contributed by atoms with E-state index in [9.17, 15) is 24.0 Å². The normalized spacial score (nSPS) is 27.3. The van der Waals surface area contributed by atoms with Gasteiger partial charge in [0.05, 0.1) is 11.5 Å². The van der Waals surface area contributed by atoms with E-state index in [1.807, 2.05) is 13.0 Å². The number of carbonyl (C=O) groups is 5. The van der Waals surface area contributed by atoms with Crippen LogP contribution in [0.1, 0.15) is 47.5 Å². The van der Waals surface area contributed by atoms with E-state index < -0.39 is 54.1 Å². The van der Waals surface area contributed by atoms with Gasteiger partial charge in [-0.05, 0) is 31.6 Å². The molecule has 2 rings (SSSR count). The number of carbonyl (C=O) groups excluding carboxylic acids is 5. The minimum absolute atomic E-state index is 0.0285. The first-order chi connectivity index (χ1) is 16.9. The van der Waals surface area contributed by atoms with E-state index in [2.05, 4.69) is 6.58 Å². The summed E-state index contributed by atoms with van der Waals surface area (Å²) in [7, 11) is 0. The van der Waals surface area contributed by atoms with Crippen LogP contribution in [0.25, 0.3) is 0 Å². The number of esters is 5. The molecule has 196 valence electrons. The Balaban J connectivity index is 2.38. The fourth-order valence-corrected chi connectivity index (χ4v) is 3.88. The van der Waals surface area contributed by atoms with Gasteiger partial charge in [-0.15, -0.1) is 0 Å². The molecule has 1 fully saturated rings. The molecule has 0 aromatic heterocycles. The van der Waals surface area contributed by atoms with Crippen LogP contribution in [0, 0.1) is 5.92 Å². The zero-order chi connectivity index (χ0) is 27.0. The number of fused-ring (bicyclic) bond motifs is 1. The van der Waals surface area contributed by atoms with Crippen LogP contribution in [0.2, 0.25) is 0 Å². The Morgan fingerprint density at radius 3 is 2.33 bits per heavy atom. The van der Waals surface area contributed by atoms with Crippen LogP contribution >= 0.6 is 0 Å². The summed E-state index contributed by atoms with van der Waals surface area (Å²) in [6.07, 6.45) is 3.31. The van der Waals surface area contributed by atoms with Crippen molar-refractivity contribution in [1.82, 2.24) is 0 Å². The van der Waals surface area contributed by atoms with Crippen LogP contribution in [-0.4, -0.2) is 61.4 Å². The molecule has 1 saturated heterocycles. The third-order valence-electron chi connectivity index (χ3n) is 5.68. The Hall–Kier alpha value is -3.69. The smallest absolute Gasteiger partial charge is 0.337 e.